The van der Waals surface area contributed by atoms with Crippen LogP contribution in [0.4, 0.5) is 5.69 Å². The third-order valence-corrected chi connectivity index (χ3v) is 2.72. The van der Waals surface area contributed by atoms with Crippen molar-refractivity contribution in [3.8, 4) is 6.07 Å². The lowest BCUT2D eigenvalue weighted by Gasteiger charge is -2.05. The minimum atomic E-state index is -0.471. The zero-order valence-corrected chi connectivity index (χ0v) is 11.8. The molecule has 0 aromatic heterocycles. The van der Waals surface area contributed by atoms with E-state index in [1.807, 2.05) is 6.07 Å². The van der Waals surface area contributed by atoms with Crippen molar-refractivity contribution >= 4 is 27.5 Å². The molecular weight excluding hydrogens is 310 g/mol. The predicted molar refractivity (Wildman–Crippen MR) is 76.2 cm³/mol. The number of anilines is 1. The molecule has 100 valence electrons. The molecule has 0 fully saturated rings. The highest BCUT2D eigenvalue weighted by Gasteiger charge is 2.08. The number of aliphatic hydroxyl groups is 1. The largest absolute Gasteiger partial charge is 0.396 e. The lowest BCUT2D eigenvalue weighted by molar-refractivity contribution is -0.112. The van der Waals surface area contributed by atoms with E-state index in [1.54, 1.807) is 24.3 Å². The first-order valence-corrected chi connectivity index (χ1v) is 6.48. The van der Waals surface area contributed by atoms with E-state index >= 15 is 0 Å². The molecule has 0 aliphatic rings. The van der Waals surface area contributed by atoms with Crippen LogP contribution < -0.4 is 10.6 Å². The zero-order valence-electron chi connectivity index (χ0n) is 10.2. The van der Waals surface area contributed by atoms with E-state index in [4.69, 9.17) is 10.4 Å². The Morgan fingerprint density at radius 1 is 1.42 bits per heavy atom. The van der Waals surface area contributed by atoms with Crippen LogP contribution in [0.1, 0.15) is 6.42 Å². The second-order valence-electron chi connectivity index (χ2n) is 3.66. The Bertz CT molecular complexity index is 492. The van der Waals surface area contributed by atoms with Crippen LogP contribution in [0.5, 0.6) is 0 Å². The van der Waals surface area contributed by atoms with Gasteiger partial charge in [-0.05, 0) is 30.7 Å². The van der Waals surface area contributed by atoms with E-state index in [9.17, 15) is 4.79 Å². The average Bonchev–Trinajstić information content (AvgIpc) is 2.41. The average molecular weight is 324 g/mol. The molecular formula is C13H14BrN3O2. The van der Waals surface area contributed by atoms with Gasteiger partial charge >= 0.3 is 0 Å². The molecule has 0 bridgehead atoms. The van der Waals surface area contributed by atoms with Crippen LogP contribution >= 0.6 is 15.9 Å². The molecule has 6 heteroatoms. The SMILES string of the molecule is N#C/C(=C/NCCCO)C(=O)Nc1ccc(Br)cc1. The first-order chi connectivity index (χ1) is 9.17. The number of nitriles is 1. The van der Waals surface area contributed by atoms with Gasteiger partial charge in [-0.3, -0.25) is 4.79 Å². The van der Waals surface area contributed by atoms with Crippen LogP contribution in [0.15, 0.2) is 40.5 Å². The van der Waals surface area contributed by atoms with Crippen molar-refractivity contribution in [2.24, 2.45) is 0 Å². The number of nitrogens with one attached hydrogen (secondary N) is 2. The van der Waals surface area contributed by atoms with Gasteiger partial charge in [0.25, 0.3) is 5.91 Å². The summed E-state index contributed by atoms with van der Waals surface area (Å²) in [4.78, 5) is 11.8. The predicted octanol–water partition coefficient (Wildman–Crippen LogP) is 1.77. The molecule has 0 aliphatic heterocycles. The van der Waals surface area contributed by atoms with Gasteiger partial charge in [0.1, 0.15) is 11.6 Å². The monoisotopic (exact) mass is 323 g/mol. The van der Waals surface area contributed by atoms with Crippen LogP contribution in [-0.2, 0) is 4.79 Å². The van der Waals surface area contributed by atoms with Crippen LogP contribution in [0.2, 0.25) is 0 Å². The second-order valence-corrected chi connectivity index (χ2v) is 4.58. The molecule has 19 heavy (non-hydrogen) atoms. The number of benzene rings is 1. The van der Waals surface area contributed by atoms with Crippen molar-refractivity contribution in [2.75, 3.05) is 18.5 Å². The quantitative estimate of drug-likeness (QED) is 0.423. The van der Waals surface area contributed by atoms with E-state index in [0.29, 0.717) is 18.7 Å². The Balaban J connectivity index is 2.59. The summed E-state index contributed by atoms with van der Waals surface area (Å²) in [5, 5.41) is 22.9. The molecule has 1 aromatic rings. The number of halogens is 1. The Kier molecular flexibility index (Phi) is 6.64. The number of aliphatic hydroxyl groups excluding tert-OH is 1. The minimum absolute atomic E-state index is 0.0131. The number of amides is 1. The smallest absolute Gasteiger partial charge is 0.267 e. The summed E-state index contributed by atoms with van der Waals surface area (Å²) in [6.07, 6.45) is 1.91. The number of hydrogen-bond acceptors (Lipinski definition) is 4. The van der Waals surface area contributed by atoms with Gasteiger partial charge in [0.15, 0.2) is 0 Å². The van der Waals surface area contributed by atoms with Crippen molar-refractivity contribution < 1.29 is 9.90 Å². The molecule has 0 atom stereocenters. The molecule has 1 rings (SSSR count). The van der Waals surface area contributed by atoms with Gasteiger partial charge < -0.3 is 15.7 Å². The minimum Gasteiger partial charge on any atom is -0.396 e. The first kappa shape index (κ1) is 15.2. The molecule has 5 nitrogen and oxygen atoms in total. The lowest BCUT2D eigenvalue weighted by atomic mass is 10.2. The van der Waals surface area contributed by atoms with Crippen molar-refractivity contribution in [2.45, 2.75) is 6.42 Å². The molecule has 0 aliphatic carbocycles. The molecule has 0 radical (unpaired) electrons. The van der Waals surface area contributed by atoms with Gasteiger partial charge in [0.05, 0.1) is 0 Å². The number of carbonyl (C=O) groups is 1. The fraction of sp³-hybridized carbons (Fsp3) is 0.231. The maximum absolute atomic E-state index is 11.8. The zero-order chi connectivity index (χ0) is 14.1. The summed E-state index contributed by atoms with van der Waals surface area (Å²) in [5.74, 6) is -0.471. The van der Waals surface area contributed by atoms with E-state index in [-0.39, 0.29) is 12.2 Å². The van der Waals surface area contributed by atoms with Crippen LogP contribution in [0, 0.1) is 11.3 Å². The Labute approximate surface area is 120 Å². The third-order valence-electron chi connectivity index (χ3n) is 2.19. The van der Waals surface area contributed by atoms with E-state index in [1.165, 1.54) is 6.20 Å². The molecule has 0 spiro atoms. The van der Waals surface area contributed by atoms with Gasteiger partial charge in [-0.1, -0.05) is 15.9 Å². The van der Waals surface area contributed by atoms with Crippen molar-refractivity contribution in [3.05, 3.63) is 40.5 Å². The maximum Gasteiger partial charge on any atom is 0.267 e. The lowest BCUT2D eigenvalue weighted by Crippen LogP contribution is -2.17. The highest BCUT2D eigenvalue weighted by Crippen LogP contribution is 2.14. The molecule has 0 heterocycles. The van der Waals surface area contributed by atoms with Gasteiger partial charge in [-0.2, -0.15) is 5.26 Å². The number of hydrogen-bond donors (Lipinski definition) is 3. The van der Waals surface area contributed by atoms with Crippen molar-refractivity contribution in [1.29, 1.82) is 5.26 Å². The molecule has 0 unspecified atom stereocenters. The number of rotatable bonds is 6. The number of carbonyl (C=O) groups excluding carboxylic acids is 1. The van der Waals surface area contributed by atoms with Crippen molar-refractivity contribution in [1.82, 2.24) is 5.32 Å². The van der Waals surface area contributed by atoms with E-state index in [0.717, 1.165) is 4.47 Å². The summed E-state index contributed by atoms with van der Waals surface area (Å²) in [6.45, 7) is 0.570. The maximum atomic E-state index is 11.8. The molecule has 0 saturated heterocycles. The third kappa shape index (κ3) is 5.55. The highest BCUT2D eigenvalue weighted by molar-refractivity contribution is 9.10. The molecule has 1 aromatic carbocycles. The van der Waals surface area contributed by atoms with Gasteiger partial charge in [0, 0.05) is 29.5 Å². The van der Waals surface area contributed by atoms with E-state index < -0.39 is 5.91 Å². The fourth-order valence-electron chi connectivity index (χ4n) is 1.24. The van der Waals surface area contributed by atoms with Crippen LogP contribution in [0.3, 0.4) is 0 Å². The summed E-state index contributed by atoms with van der Waals surface area (Å²) in [6, 6.07) is 8.88. The summed E-state index contributed by atoms with van der Waals surface area (Å²) in [7, 11) is 0. The topological polar surface area (TPSA) is 85.2 Å². The van der Waals surface area contributed by atoms with Gasteiger partial charge in [-0.15, -0.1) is 0 Å². The van der Waals surface area contributed by atoms with Gasteiger partial charge in [-0.25, -0.2) is 0 Å². The summed E-state index contributed by atoms with van der Waals surface area (Å²) < 4.78 is 0.909. The summed E-state index contributed by atoms with van der Waals surface area (Å²) >= 11 is 3.30. The Morgan fingerprint density at radius 3 is 2.68 bits per heavy atom. The van der Waals surface area contributed by atoms with Crippen molar-refractivity contribution in [3.63, 3.8) is 0 Å². The number of nitrogens with zero attached hydrogens (tertiary/aromatic N) is 1. The standard InChI is InChI=1S/C13H14BrN3O2/c14-11-2-4-12(5-3-11)17-13(19)10(8-15)9-16-6-1-7-18/h2-5,9,16,18H,1,6-7H2,(H,17,19)/b10-9-. The second kappa shape index (κ2) is 8.29. The Hall–Kier alpha value is -1.84. The van der Waals surface area contributed by atoms with E-state index in [2.05, 4.69) is 26.6 Å². The van der Waals surface area contributed by atoms with Gasteiger partial charge in [0.2, 0.25) is 0 Å². The molecule has 3 N–H and O–H groups in total. The highest BCUT2D eigenvalue weighted by atomic mass is 79.9. The normalized spacial score (nSPS) is 10.7. The molecule has 1 amide bonds. The first-order valence-electron chi connectivity index (χ1n) is 5.69. The fourth-order valence-corrected chi connectivity index (χ4v) is 1.50. The molecule has 0 saturated carbocycles. The van der Waals surface area contributed by atoms with Crippen LogP contribution in [0.25, 0.3) is 0 Å². The summed E-state index contributed by atoms with van der Waals surface area (Å²) in [5.41, 5.74) is 0.602. The van der Waals surface area contributed by atoms with Crippen LogP contribution in [-0.4, -0.2) is 24.2 Å². The Morgan fingerprint density at radius 2 is 2.11 bits per heavy atom.